The summed E-state index contributed by atoms with van der Waals surface area (Å²) in [5.41, 5.74) is 0.150. The first kappa shape index (κ1) is 14.4. The lowest BCUT2D eigenvalue weighted by molar-refractivity contribution is 0.373. The molecular weight excluding hydrogens is 262 g/mol. The maximum absolute atomic E-state index is 12.1. The van der Waals surface area contributed by atoms with Gasteiger partial charge < -0.3 is 9.88 Å². The summed E-state index contributed by atoms with van der Waals surface area (Å²) < 4.78 is 1.77. The van der Waals surface area contributed by atoms with Gasteiger partial charge in [0.1, 0.15) is 0 Å². The Morgan fingerprint density at radius 2 is 2.21 bits per heavy atom. The summed E-state index contributed by atoms with van der Waals surface area (Å²) >= 11 is 6.28. The van der Waals surface area contributed by atoms with Crippen molar-refractivity contribution in [1.29, 1.82) is 0 Å². The van der Waals surface area contributed by atoms with Crippen LogP contribution in [0.3, 0.4) is 0 Å². The molecule has 1 N–H and O–H groups in total. The molecule has 0 aromatic carbocycles. The Hall–Kier alpha value is -1.03. The molecule has 1 aliphatic carbocycles. The van der Waals surface area contributed by atoms with E-state index in [9.17, 15) is 4.79 Å². The third-order valence-electron chi connectivity index (χ3n) is 3.13. The summed E-state index contributed by atoms with van der Waals surface area (Å²) in [7, 11) is 0. The van der Waals surface area contributed by atoms with Gasteiger partial charge in [-0.15, -0.1) is 11.6 Å². The highest BCUT2D eigenvalue weighted by Gasteiger charge is 2.25. The van der Waals surface area contributed by atoms with Gasteiger partial charge in [-0.05, 0) is 24.7 Å². The van der Waals surface area contributed by atoms with E-state index in [0.29, 0.717) is 18.4 Å². The van der Waals surface area contributed by atoms with Gasteiger partial charge in [0.2, 0.25) is 0 Å². The monoisotopic (exact) mass is 283 g/mol. The molecule has 1 fully saturated rings. The molecular formula is C14H22ClN3O. The molecule has 4 nitrogen and oxygen atoms in total. The predicted octanol–water partition coefficient (Wildman–Crippen LogP) is 3.03. The smallest absolute Gasteiger partial charge is 0.293 e. The molecule has 1 atom stereocenters. The molecule has 2 rings (SSSR count). The summed E-state index contributed by atoms with van der Waals surface area (Å²) in [6.45, 7) is 7.03. The third-order valence-corrected chi connectivity index (χ3v) is 3.44. The van der Waals surface area contributed by atoms with E-state index in [2.05, 4.69) is 31.1 Å². The molecule has 106 valence electrons. The topological polar surface area (TPSA) is 46.9 Å². The molecule has 1 aliphatic rings. The highest BCUT2D eigenvalue weighted by atomic mass is 35.5. The molecule has 0 amide bonds. The second kappa shape index (κ2) is 5.53. The van der Waals surface area contributed by atoms with Crippen LogP contribution in [-0.4, -0.2) is 21.5 Å². The van der Waals surface area contributed by atoms with Crippen LogP contribution in [0.25, 0.3) is 0 Å². The number of nitrogens with zero attached hydrogens (tertiary/aromatic N) is 2. The van der Waals surface area contributed by atoms with Crippen LogP contribution in [0, 0.1) is 5.41 Å². The van der Waals surface area contributed by atoms with E-state index < -0.39 is 0 Å². The van der Waals surface area contributed by atoms with Crippen LogP contribution in [-0.2, 0) is 0 Å². The number of hydrogen-bond donors (Lipinski definition) is 1. The first-order valence-corrected chi connectivity index (χ1v) is 7.25. The normalized spacial score (nSPS) is 17.3. The molecule has 1 saturated carbocycles. The van der Waals surface area contributed by atoms with Crippen molar-refractivity contribution in [3.63, 3.8) is 0 Å². The van der Waals surface area contributed by atoms with Crippen molar-refractivity contribution >= 4 is 17.4 Å². The Morgan fingerprint density at radius 1 is 1.53 bits per heavy atom. The van der Waals surface area contributed by atoms with Crippen molar-refractivity contribution in [3.8, 4) is 0 Å². The van der Waals surface area contributed by atoms with Crippen molar-refractivity contribution in [2.75, 3.05) is 11.9 Å². The molecule has 0 saturated heterocycles. The van der Waals surface area contributed by atoms with E-state index in [1.807, 2.05) is 0 Å². The summed E-state index contributed by atoms with van der Waals surface area (Å²) in [4.78, 5) is 16.3. The molecule has 1 heterocycles. The highest BCUT2D eigenvalue weighted by Crippen LogP contribution is 2.33. The number of alkyl halides is 1. The van der Waals surface area contributed by atoms with Crippen LogP contribution < -0.4 is 10.9 Å². The number of hydrogen-bond acceptors (Lipinski definition) is 3. The molecule has 1 aromatic heterocycles. The van der Waals surface area contributed by atoms with Crippen LogP contribution in [0.15, 0.2) is 17.2 Å². The summed E-state index contributed by atoms with van der Waals surface area (Å²) in [6.07, 6.45) is 6.51. The lowest BCUT2D eigenvalue weighted by Crippen LogP contribution is -2.27. The van der Waals surface area contributed by atoms with Crippen LogP contribution in [0.5, 0.6) is 0 Å². The van der Waals surface area contributed by atoms with Crippen molar-refractivity contribution in [2.24, 2.45) is 5.41 Å². The fourth-order valence-electron chi connectivity index (χ4n) is 2.13. The van der Waals surface area contributed by atoms with E-state index in [1.54, 1.807) is 17.0 Å². The first-order chi connectivity index (χ1) is 8.87. The SMILES string of the molecule is CC(C)(C)CC(Cl)CNc1nccn(C2CC2)c1=O. The quantitative estimate of drug-likeness (QED) is 0.845. The number of nitrogens with one attached hydrogen (secondary N) is 1. The third kappa shape index (κ3) is 4.23. The van der Waals surface area contributed by atoms with Crippen LogP contribution >= 0.6 is 11.6 Å². The Bertz CT molecular complexity index is 488. The average molecular weight is 284 g/mol. The summed E-state index contributed by atoms with van der Waals surface area (Å²) in [5.74, 6) is 0.411. The minimum Gasteiger partial charge on any atom is -0.364 e. The minimum absolute atomic E-state index is 0.00391. The second-order valence-corrected chi connectivity index (χ2v) is 7.08. The van der Waals surface area contributed by atoms with Crippen molar-refractivity contribution in [2.45, 2.75) is 51.5 Å². The molecule has 0 spiro atoms. The minimum atomic E-state index is -0.0374. The molecule has 19 heavy (non-hydrogen) atoms. The van der Waals surface area contributed by atoms with E-state index in [-0.39, 0.29) is 16.4 Å². The number of anilines is 1. The number of aromatic nitrogens is 2. The summed E-state index contributed by atoms with van der Waals surface area (Å²) in [6, 6.07) is 0.373. The van der Waals surface area contributed by atoms with E-state index in [0.717, 1.165) is 19.3 Å². The average Bonchev–Trinajstić information content (AvgIpc) is 3.09. The van der Waals surface area contributed by atoms with E-state index >= 15 is 0 Å². The zero-order valence-electron chi connectivity index (χ0n) is 11.8. The fraction of sp³-hybridized carbons (Fsp3) is 0.714. The highest BCUT2D eigenvalue weighted by molar-refractivity contribution is 6.20. The number of rotatable bonds is 5. The van der Waals surface area contributed by atoms with Crippen molar-refractivity contribution in [3.05, 3.63) is 22.7 Å². The van der Waals surface area contributed by atoms with Gasteiger partial charge in [-0.1, -0.05) is 20.8 Å². The zero-order valence-corrected chi connectivity index (χ0v) is 12.6. The molecule has 5 heteroatoms. The van der Waals surface area contributed by atoms with Crippen LogP contribution in [0.1, 0.15) is 46.1 Å². The van der Waals surface area contributed by atoms with Gasteiger partial charge >= 0.3 is 0 Å². The Kier molecular flexibility index (Phi) is 4.19. The van der Waals surface area contributed by atoms with Crippen molar-refractivity contribution < 1.29 is 0 Å². The molecule has 0 aliphatic heterocycles. The first-order valence-electron chi connectivity index (χ1n) is 6.82. The largest absolute Gasteiger partial charge is 0.364 e. The maximum Gasteiger partial charge on any atom is 0.293 e. The standard InChI is InChI=1S/C14H22ClN3O/c1-14(2,3)8-10(15)9-17-12-13(19)18(7-6-16-12)11-4-5-11/h6-7,10-11H,4-5,8-9H2,1-3H3,(H,16,17). The lowest BCUT2D eigenvalue weighted by atomic mass is 9.90. The second-order valence-electron chi connectivity index (χ2n) is 6.46. The summed E-state index contributed by atoms with van der Waals surface area (Å²) in [5, 5.41) is 3.08. The lowest BCUT2D eigenvalue weighted by Gasteiger charge is -2.22. The molecule has 0 radical (unpaired) electrons. The van der Waals surface area contributed by atoms with Gasteiger partial charge in [-0.25, -0.2) is 4.98 Å². The van der Waals surface area contributed by atoms with E-state index in [4.69, 9.17) is 11.6 Å². The Balaban J connectivity index is 1.96. The van der Waals surface area contributed by atoms with Gasteiger partial charge in [-0.3, -0.25) is 4.79 Å². The molecule has 1 aromatic rings. The van der Waals surface area contributed by atoms with Gasteiger partial charge in [0.15, 0.2) is 5.82 Å². The van der Waals surface area contributed by atoms with Gasteiger partial charge in [-0.2, -0.15) is 0 Å². The maximum atomic E-state index is 12.1. The van der Waals surface area contributed by atoms with Crippen molar-refractivity contribution in [1.82, 2.24) is 9.55 Å². The number of halogens is 1. The zero-order chi connectivity index (χ0) is 14.0. The fourth-order valence-corrected chi connectivity index (χ4v) is 2.67. The Labute approximate surface area is 119 Å². The predicted molar refractivity (Wildman–Crippen MR) is 79.0 cm³/mol. The Morgan fingerprint density at radius 3 is 2.79 bits per heavy atom. The van der Waals surface area contributed by atoms with Gasteiger partial charge in [0.25, 0.3) is 5.56 Å². The van der Waals surface area contributed by atoms with Gasteiger partial charge in [0, 0.05) is 25.0 Å². The van der Waals surface area contributed by atoms with Gasteiger partial charge in [0.05, 0.1) is 5.38 Å². The molecule has 1 unspecified atom stereocenters. The van der Waals surface area contributed by atoms with Crippen LogP contribution in [0.4, 0.5) is 5.82 Å². The van der Waals surface area contributed by atoms with E-state index in [1.165, 1.54) is 0 Å². The molecule has 0 bridgehead atoms. The van der Waals surface area contributed by atoms with Crippen LogP contribution in [0.2, 0.25) is 0 Å².